The molecule has 2 heterocycles. The minimum atomic E-state index is 0.0665. The van der Waals surface area contributed by atoms with Crippen LogP contribution in [0.4, 0.5) is 0 Å². The van der Waals surface area contributed by atoms with E-state index in [1.165, 1.54) is 44.9 Å². The first-order chi connectivity index (χ1) is 8.77. The van der Waals surface area contributed by atoms with Crippen molar-refractivity contribution >= 4 is 11.6 Å². The Bertz CT molecular complexity index is 276. The Labute approximate surface area is 115 Å². The molecule has 2 aliphatic heterocycles. The maximum absolute atomic E-state index is 6.43. The van der Waals surface area contributed by atoms with Crippen LogP contribution in [-0.4, -0.2) is 30.8 Å². The van der Waals surface area contributed by atoms with E-state index in [0.29, 0.717) is 5.38 Å². The number of rotatable bonds is 1. The number of hydrogen-bond acceptors (Lipinski definition) is 2. The summed E-state index contributed by atoms with van der Waals surface area (Å²) in [6.45, 7) is 2.63. The Morgan fingerprint density at radius 1 is 1.00 bits per heavy atom. The highest BCUT2D eigenvalue weighted by Gasteiger charge is 2.43. The molecule has 0 amide bonds. The predicted molar refractivity (Wildman–Crippen MR) is 73.1 cm³/mol. The normalized spacial score (nSPS) is 46.2. The Kier molecular flexibility index (Phi) is 4.17. The standard InChI is InChI=1S/C15H25ClO2/c16-14-4-2-1-3-12(9-14)13-5-7-18-15(10-13)6-8-17-11-15/h12-14H,1-11H2. The highest BCUT2D eigenvalue weighted by molar-refractivity contribution is 6.20. The average Bonchev–Trinajstić information content (AvgIpc) is 2.69. The molecule has 18 heavy (non-hydrogen) atoms. The molecule has 0 radical (unpaired) electrons. The Balaban J connectivity index is 1.63. The van der Waals surface area contributed by atoms with Gasteiger partial charge >= 0.3 is 0 Å². The predicted octanol–water partition coefficient (Wildman–Crippen LogP) is 3.76. The van der Waals surface area contributed by atoms with Crippen LogP contribution in [0.3, 0.4) is 0 Å². The topological polar surface area (TPSA) is 18.5 Å². The third kappa shape index (κ3) is 2.86. The fourth-order valence-corrected chi connectivity index (χ4v) is 4.48. The summed E-state index contributed by atoms with van der Waals surface area (Å²) in [5, 5.41) is 0.413. The van der Waals surface area contributed by atoms with Crippen LogP contribution in [0.2, 0.25) is 0 Å². The lowest BCUT2D eigenvalue weighted by atomic mass is 9.75. The molecule has 0 aromatic carbocycles. The van der Waals surface area contributed by atoms with Crippen LogP contribution in [0.15, 0.2) is 0 Å². The molecule has 3 aliphatic rings. The first kappa shape index (κ1) is 13.2. The van der Waals surface area contributed by atoms with Crippen LogP contribution < -0.4 is 0 Å². The van der Waals surface area contributed by atoms with Crippen molar-refractivity contribution in [3.63, 3.8) is 0 Å². The van der Waals surface area contributed by atoms with Crippen molar-refractivity contribution in [2.75, 3.05) is 19.8 Å². The molecule has 3 fully saturated rings. The van der Waals surface area contributed by atoms with Crippen LogP contribution >= 0.6 is 11.6 Å². The molecule has 0 aromatic heterocycles. The summed E-state index contributed by atoms with van der Waals surface area (Å²) >= 11 is 6.43. The second-order valence-electron chi connectivity index (χ2n) is 6.46. The highest BCUT2D eigenvalue weighted by Crippen LogP contribution is 2.43. The van der Waals surface area contributed by atoms with E-state index < -0.39 is 0 Å². The van der Waals surface area contributed by atoms with E-state index >= 15 is 0 Å². The van der Waals surface area contributed by atoms with Gasteiger partial charge in [0.1, 0.15) is 0 Å². The van der Waals surface area contributed by atoms with E-state index in [-0.39, 0.29) is 5.60 Å². The minimum absolute atomic E-state index is 0.0665. The second kappa shape index (κ2) is 5.68. The number of ether oxygens (including phenoxy) is 2. The van der Waals surface area contributed by atoms with Gasteiger partial charge in [-0.25, -0.2) is 0 Å². The molecular weight excluding hydrogens is 248 g/mol. The van der Waals surface area contributed by atoms with Gasteiger partial charge in [0.25, 0.3) is 0 Å². The minimum Gasteiger partial charge on any atom is -0.378 e. The van der Waals surface area contributed by atoms with Crippen molar-refractivity contribution in [1.82, 2.24) is 0 Å². The molecular formula is C15H25ClO2. The first-order valence-corrected chi connectivity index (χ1v) is 8.07. The number of halogens is 1. The van der Waals surface area contributed by atoms with Gasteiger partial charge in [-0.3, -0.25) is 0 Å². The molecule has 4 atom stereocenters. The monoisotopic (exact) mass is 272 g/mol. The Morgan fingerprint density at radius 2 is 1.89 bits per heavy atom. The smallest absolute Gasteiger partial charge is 0.0939 e. The van der Waals surface area contributed by atoms with Gasteiger partial charge < -0.3 is 9.47 Å². The lowest BCUT2D eigenvalue weighted by Gasteiger charge is -2.40. The van der Waals surface area contributed by atoms with Gasteiger partial charge in [0.15, 0.2) is 0 Å². The summed E-state index contributed by atoms with van der Waals surface area (Å²) in [5.74, 6) is 1.65. The molecule has 3 rings (SSSR count). The third-order valence-electron chi connectivity index (χ3n) is 5.17. The van der Waals surface area contributed by atoms with Crippen LogP contribution in [0.25, 0.3) is 0 Å². The fraction of sp³-hybridized carbons (Fsp3) is 1.00. The fourth-order valence-electron chi connectivity index (χ4n) is 4.10. The van der Waals surface area contributed by atoms with Gasteiger partial charge in [0.2, 0.25) is 0 Å². The van der Waals surface area contributed by atoms with Crippen molar-refractivity contribution in [3.05, 3.63) is 0 Å². The van der Waals surface area contributed by atoms with Crippen molar-refractivity contribution in [1.29, 1.82) is 0 Å². The number of hydrogen-bond donors (Lipinski definition) is 0. The lowest BCUT2D eigenvalue weighted by Crippen LogP contribution is -2.42. The van der Waals surface area contributed by atoms with E-state index in [1.54, 1.807) is 0 Å². The van der Waals surface area contributed by atoms with E-state index in [2.05, 4.69) is 0 Å². The van der Waals surface area contributed by atoms with Gasteiger partial charge in [-0.1, -0.05) is 19.3 Å². The summed E-state index contributed by atoms with van der Waals surface area (Å²) in [5.41, 5.74) is 0.0665. The molecule has 0 aromatic rings. The maximum atomic E-state index is 6.43. The highest BCUT2D eigenvalue weighted by atomic mass is 35.5. The zero-order chi connectivity index (χ0) is 12.4. The van der Waals surface area contributed by atoms with Gasteiger partial charge in [0.05, 0.1) is 12.2 Å². The van der Waals surface area contributed by atoms with Gasteiger partial charge in [-0.15, -0.1) is 11.6 Å². The summed E-state index contributed by atoms with van der Waals surface area (Å²) in [4.78, 5) is 0. The molecule has 1 aliphatic carbocycles. The van der Waals surface area contributed by atoms with Crippen LogP contribution in [0.5, 0.6) is 0 Å². The Hall–Kier alpha value is 0.210. The third-order valence-corrected chi connectivity index (χ3v) is 5.56. The average molecular weight is 273 g/mol. The summed E-state index contributed by atoms with van der Waals surface area (Å²) in [6.07, 6.45) is 10.1. The van der Waals surface area contributed by atoms with E-state index in [4.69, 9.17) is 21.1 Å². The van der Waals surface area contributed by atoms with Crippen LogP contribution in [0.1, 0.15) is 51.4 Å². The molecule has 2 saturated heterocycles. The van der Waals surface area contributed by atoms with Crippen LogP contribution in [-0.2, 0) is 9.47 Å². The molecule has 0 bridgehead atoms. The Morgan fingerprint density at radius 3 is 2.72 bits per heavy atom. The molecule has 0 N–H and O–H groups in total. The molecule has 3 heteroatoms. The van der Waals surface area contributed by atoms with Crippen LogP contribution in [0, 0.1) is 11.8 Å². The van der Waals surface area contributed by atoms with E-state index in [0.717, 1.165) is 38.1 Å². The van der Waals surface area contributed by atoms with Gasteiger partial charge in [-0.05, 0) is 37.5 Å². The molecule has 2 nitrogen and oxygen atoms in total. The second-order valence-corrected chi connectivity index (χ2v) is 7.08. The molecule has 104 valence electrons. The zero-order valence-corrected chi connectivity index (χ0v) is 12.0. The zero-order valence-electron chi connectivity index (χ0n) is 11.2. The quantitative estimate of drug-likeness (QED) is 0.535. The van der Waals surface area contributed by atoms with E-state index in [1.807, 2.05) is 0 Å². The van der Waals surface area contributed by atoms with E-state index in [9.17, 15) is 0 Å². The SMILES string of the molecule is ClC1CCCCC(C2CCOC3(CCOC3)C2)C1. The number of alkyl halides is 1. The lowest BCUT2D eigenvalue weighted by molar-refractivity contribution is -0.107. The molecule has 1 spiro atoms. The summed E-state index contributed by atoms with van der Waals surface area (Å²) in [7, 11) is 0. The molecule has 4 unspecified atom stereocenters. The van der Waals surface area contributed by atoms with Crippen molar-refractivity contribution in [2.24, 2.45) is 11.8 Å². The van der Waals surface area contributed by atoms with Gasteiger partial charge in [-0.2, -0.15) is 0 Å². The first-order valence-electron chi connectivity index (χ1n) is 7.63. The summed E-state index contributed by atoms with van der Waals surface area (Å²) < 4.78 is 11.6. The van der Waals surface area contributed by atoms with Crippen molar-refractivity contribution in [2.45, 2.75) is 62.3 Å². The maximum Gasteiger partial charge on any atom is 0.0939 e. The molecule has 1 saturated carbocycles. The largest absolute Gasteiger partial charge is 0.378 e. The van der Waals surface area contributed by atoms with Crippen molar-refractivity contribution < 1.29 is 9.47 Å². The van der Waals surface area contributed by atoms with Crippen molar-refractivity contribution in [3.8, 4) is 0 Å². The summed E-state index contributed by atoms with van der Waals surface area (Å²) in [6, 6.07) is 0. The van der Waals surface area contributed by atoms with Gasteiger partial charge in [0, 0.05) is 25.0 Å².